The lowest BCUT2D eigenvalue weighted by Crippen LogP contribution is -2.36. The van der Waals surface area contributed by atoms with Crippen molar-refractivity contribution in [2.45, 2.75) is 13.8 Å². The van der Waals surface area contributed by atoms with Gasteiger partial charge in [-0.1, -0.05) is 18.2 Å². The molecule has 0 bridgehead atoms. The summed E-state index contributed by atoms with van der Waals surface area (Å²) in [6.07, 6.45) is 3.51. The first-order chi connectivity index (χ1) is 13.0. The molecule has 0 amide bonds. The summed E-state index contributed by atoms with van der Waals surface area (Å²) in [5, 5.41) is 2.31. The van der Waals surface area contributed by atoms with Crippen LogP contribution in [-0.4, -0.2) is 24.0 Å². The molecule has 0 saturated carbocycles. The molecule has 0 atom stereocenters. The minimum atomic E-state index is -2.73. The van der Waals surface area contributed by atoms with Crippen LogP contribution < -0.4 is 26.0 Å². The molecule has 0 saturated heterocycles. The predicted octanol–water partition coefficient (Wildman–Crippen LogP) is 1.26. The maximum absolute atomic E-state index is 14.0. The molecule has 2 aromatic heterocycles. The maximum Gasteiger partial charge on any atom is 0.678 e. The van der Waals surface area contributed by atoms with E-state index >= 15 is 0 Å². The Hall–Kier alpha value is -3.09. The van der Waals surface area contributed by atoms with Gasteiger partial charge in [-0.25, -0.2) is 4.99 Å². The number of methoxy groups -OCH3 is 1. The Bertz CT molecular complexity index is 1230. The second-order valence-corrected chi connectivity index (χ2v) is 6.52. The van der Waals surface area contributed by atoms with Crippen LogP contribution in [0, 0.1) is 13.8 Å². The van der Waals surface area contributed by atoms with E-state index in [0.717, 1.165) is 32.0 Å². The Morgan fingerprint density at radius 3 is 2.59 bits per heavy atom. The van der Waals surface area contributed by atoms with Crippen molar-refractivity contribution in [3.8, 4) is 5.75 Å². The topological polar surface area (TPSA) is 42.3 Å². The summed E-state index contributed by atoms with van der Waals surface area (Å²) in [5.74, 6) is 0.379. The molecule has 3 aromatic rings. The van der Waals surface area contributed by atoms with Crippen molar-refractivity contribution in [2.24, 2.45) is 4.99 Å². The number of aromatic nitrogens is 2. The van der Waals surface area contributed by atoms with E-state index in [4.69, 9.17) is 4.74 Å². The summed E-state index contributed by atoms with van der Waals surface area (Å²) in [7, 11) is -1.25. The van der Waals surface area contributed by atoms with Gasteiger partial charge in [-0.3, -0.25) is 8.63 Å². The number of H-pyrrole nitrogens is 1. The van der Waals surface area contributed by atoms with E-state index in [0.29, 0.717) is 22.1 Å². The molecular formula is C20H18BF2N3O. The molecule has 1 N–H and O–H groups in total. The van der Waals surface area contributed by atoms with E-state index < -0.39 is 7.40 Å². The molecule has 27 heavy (non-hydrogen) atoms. The van der Waals surface area contributed by atoms with Crippen LogP contribution in [0.4, 0.5) is 8.63 Å². The smallest absolute Gasteiger partial charge is 0.495 e. The monoisotopic (exact) mass is 365 g/mol. The molecule has 136 valence electrons. The molecule has 0 radical (unpaired) electrons. The van der Waals surface area contributed by atoms with Gasteiger partial charge >= 0.3 is 7.40 Å². The number of aryl methyl sites for hydroxylation is 2. The van der Waals surface area contributed by atoms with Crippen LogP contribution in [0.5, 0.6) is 5.75 Å². The van der Waals surface area contributed by atoms with Crippen molar-refractivity contribution in [1.29, 1.82) is 0 Å². The summed E-state index contributed by atoms with van der Waals surface area (Å²) in [6.45, 7) is 3.86. The predicted molar refractivity (Wildman–Crippen MR) is 103 cm³/mol. The zero-order chi connectivity index (χ0) is 19.1. The zero-order valence-electron chi connectivity index (χ0n) is 15.3. The standard InChI is InChI=1S/C20H18BF2N3O/c1-12-8-13(2)24-16(12)10-19-20(27-3)11-18(26(19)21(22)23)17-9-14-6-4-5-7-15(14)25-17/h4-11,24H,1-3H3/b18-17-,19-10+. The quantitative estimate of drug-likeness (QED) is 0.698. The number of nitrogens with zero attached hydrogens (tertiary/aromatic N) is 2. The highest BCUT2D eigenvalue weighted by Crippen LogP contribution is 2.12. The number of hydrogen-bond donors (Lipinski definition) is 1. The van der Waals surface area contributed by atoms with Gasteiger partial charge in [0.2, 0.25) is 0 Å². The van der Waals surface area contributed by atoms with Crippen molar-refractivity contribution >= 4 is 25.3 Å². The third-order valence-electron chi connectivity index (χ3n) is 4.66. The van der Waals surface area contributed by atoms with Crippen LogP contribution in [0.25, 0.3) is 17.8 Å². The second-order valence-electron chi connectivity index (χ2n) is 6.52. The summed E-state index contributed by atoms with van der Waals surface area (Å²) >= 11 is 0. The molecule has 0 fully saturated rings. The van der Waals surface area contributed by atoms with E-state index in [1.54, 1.807) is 12.1 Å². The number of ether oxygens (including phenoxy) is 1. The Kier molecular flexibility index (Phi) is 4.22. The van der Waals surface area contributed by atoms with Crippen molar-refractivity contribution in [3.63, 3.8) is 0 Å². The van der Waals surface area contributed by atoms with E-state index in [2.05, 4.69) is 9.98 Å². The average Bonchev–Trinajstić information content (AvgIpc) is 3.29. The minimum absolute atomic E-state index is 0.305. The lowest BCUT2D eigenvalue weighted by Gasteiger charge is -2.02. The van der Waals surface area contributed by atoms with Crippen molar-refractivity contribution in [2.75, 3.05) is 7.11 Å². The fourth-order valence-corrected chi connectivity index (χ4v) is 3.42. The third-order valence-corrected chi connectivity index (χ3v) is 4.66. The molecule has 0 spiro atoms. The van der Waals surface area contributed by atoms with Gasteiger partial charge < -0.3 is 14.2 Å². The highest BCUT2D eigenvalue weighted by atomic mass is 19.2. The number of hydrogen-bond acceptors (Lipinski definition) is 2. The largest absolute Gasteiger partial charge is 0.678 e. The molecule has 0 unspecified atom stereocenters. The van der Waals surface area contributed by atoms with E-state index in [1.165, 1.54) is 7.11 Å². The highest BCUT2D eigenvalue weighted by Gasteiger charge is 2.23. The number of halogens is 2. The Morgan fingerprint density at radius 1 is 1.19 bits per heavy atom. The lowest BCUT2D eigenvalue weighted by atomic mass is 10.2. The van der Waals surface area contributed by atoms with Gasteiger partial charge in [-0.15, -0.1) is 0 Å². The van der Waals surface area contributed by atoms with Crippen LogP contribution in [0.3, 0.4) is 0 Å². The summed E-state index contributed by atoms with van der Waals surface area (Å²) in [5.41, 5.74) is 3.22. The summed E-state index contributed by atoms with van der Waals surface area (Å²) in [6, 6.07) is 11.1. The number of benzene rings is 1. The minimum Gasteiger partial charge on any atom is -0.495 e. The van der Waals surface area contributed by atoms with Gasteiger partial charge in [0, 0.05) is 22.7 Å². The molecule has 1 aliphatic heterocycles. The van der Waals surface area contributed by atoms with Crippen molar-refractivity contribution < 1.29 is 13.4 Å². The molecule has 3 heterocycles. The summed E-state index contributed by atoms with van der Waals surface area (Å²) < 4.78 is 34.4. The highest BCUT2D eigenvalue weighted by molar-refractivity contribution is 6.40. The van der Waals surface area contributed by atoms with E-state index in [-0.39, 0.29) is 0 Å². The van der Waals surface area contributed by atoms with Gasteiger partial charge in [0.05, 0.1) is 28.9 Å². The lowest BCUT2D eigenvalue weighted by molar-refractivity contribution is 0.410. The Morgan fingerprint density at radius 2 is 1.96 bits per heavy atom. The molecular weight excluding hydrogens is 347 g/mol. The van der Waals surface area contributed by atoms with Gasteiger partial charge in [-0.2, -0.15) is 0 Å². The van der Waals surface area contributed by atoms with Crippen LogP contribution in [-0.2, 0) is 0 Å². The van der Waals surface area contributed by atoms with Gasteiger partial charge in [0.15, 0.2) is 0 Å². The first-order valence-electron chi connectivity index (χ1n) is 8.59. The molecule has 4 nitrogen and oxygen atoms in total. The van der Waals surface area contributed by atoms with Crippen molar-refractivity contribution in [3.05, 3.63) is 74.6 Å². The fraction of sp³-hybridized carbons (Fsp3) is 0.150. The Labute approximate surface area is 155 Å². The number of nitrogens with one attached hydrogen (secondary N) is 1. The molecule has 0 aliphatic carbocycles. The van der Waals surface area contributed by atoms with Crippen LogP contribution in [0.2, 0.25) is 0 Å². The van der Waals surface area contributed by atoms with Crippen LogP contribution in [0.15, 0.2) is 41.4 Å². The van der Waals surface area contributed by atoms with Gasteiger partial charge in [-0.05, 0) is 43.7 Å². The normalized spacial score (nSPS) is 15.4. The van der Waals surface area contributed by atoms with E-state index in [9.17, 15) is 8.63 Å². The van der Waals surface area contributed by atoms with Crippen molar-refractivity contribution in [1.82, 2.24) is 9.46 Å². The molecule has 7 heteroatoms. The first-order valence-corrected chi connectivity index (χ1v) is 8.59. The number of aromatic amines is 1. The SMILES string of the molecule is COc1c/c(=C2\C=c3ccccc3=N2)n(B(F)F)/c1=C/c1[nH]c(C)cc1C. The maximum atomic E-state index is 14.0. The molecule has 4 rings (SSSR count). The number of fused-ring (bicyclic) bond motifs is 1. The van der Waals surface area contributed by atoms with Crippen LogP contribution >= 0.6 is 0 Å². The molecule has 1 aromatic carbocycles. The van der Waals surface area contributed by atoms with Gasteiger partial charge in [0.25, 0.3) is 0 Å². The fourth-order valence-electron chi connectivity index (χ4n) is 3.42. The van der Waals surface area contributed by atoms with E-state index in [1.807, 2.05) is 50.3 Å². The van der Waals surface area contributed by atoms with Crippen LogP contribution in [0.1, 0.15) is 17.0 Å². The number of rotatable bonds is 3. The zero-order valence-corrected chi connectivity index (χ0v) is 15.3. The second kappa shape index (κ2) is 6.57. The third kappa shape index (κ3) is 2.99. The molecule has 1 aliphatic rings. The average molecular weight is 365 g/mol. The Balaban J connectivity index is 2.07. The first kappa shape index (κ1) is 17.3. The summed E-state index contributed by atoms with van der Waals surface area (Å²) in [4.78, 5) is 7.71. The number of para-hydroxylation sites is 1. The van der Waals surface area contributed by atoms with Gasteiger partial charge in [0.1, 0.15) is 5.75 Å².